The molecule has 2 fully saturated rings. The number of rotatable bonds is 2. The van der Waals surface area contributed by atoms with Gasteiger partial charge in [-0.1, -0.05) is 30.2 Å². The van der Waals surface area contributed by atoms with Crippen LogP contribution >= 0.6 is 11.6 Å². The maximum Gasteiger partial charge on any atom is 0.156 e. The lowest BCUT2D eigenvalue weighted by atomic mass is 9.53. The lowest BCUT2D eigenvalue weighted by Gasteiger charge is -2.52. The van der Waals surface area contributed by atoms with E-state index in [9.17, 15) is 9.90 Å². The van der Waals surface area contributed by atoms with Crippen molar-refractivity contribution in [3.05, 3.63) is 51.6 Å². The summed E-state index contributed by atoms with van der Waals surface area (Å²) in [5.74, 6) is 2.25. The highest BCUT2D eigenvalue weighted by atomic mass is 35.5. The van der Waals surface area contributed by atoms with Gasteiger partial charge in [-0.25, -0.2) is 0 Å². The summed E-state index contributed by atoms with van der Waals surface area (Å²) in [7, 11) is 1.66. The zero-order valence-corrected chi connectivity index (χ0v) is 18.0. The number of carbonyl (C=O) groups excluding carboxylic acids is 1. The minimum Gasteiger partial charge on any atom is -0.495 e. The van der Waals surface area contributed by atoms with Crippen molar-refractivity contribution in [1.82, 2.24) is 0 Å². The largest absolute Gasteiger partial charge is 0.495 e. The Morgan fingerprint density at radius 2 is 2.00 bits per heavy atom. The first-order valence-electron chi connectivity index (χ1n) is 10.9. The third-order valence-corrected chi connectivity index (χ3v) is 8.57. The van der Waals surface area contributed by atoms with Crippen LogP contribution < -0.4 is 4.74 Å². The van der Waals surface area contributed by atoms with Crippen LogP contribution in [0.15, 0.2) is 41.0 Å². The summed E-state index contributed by atoms with van der Waals surface area (Å²) in [5, 5.41) is 11.6. The summed E-state index contributed by atoms with van der Waals surface area (Å²) in [6.07, 6.45) is 8.19. The fourth-order valence-corrected chi connectivity index (χ4v) is 7.02. The Labute approximate surface area is 177 Å². The predicted octanol–water partition coefficient (Wildman–Crippen LogP) is 5.61. The molecule has 154 valence electrons. The molecule has 4 aliphatic rings. The van der Waals surface area contributed by atoms with Gasteiger partial charge in [-0.15, -0.1) is 0 Å². The van der Waals surface area contributed by atoms with Crippen LogP contribution in [0.5, 0.6) is 5.75 Å². The minimum atomic E-state index is -0.236. The van der Waals surface area contributed by atoms with E-state index in [1.165, 1.54) is 22.3 Å². The van der Waals surface area contributed by atoms with Crippen molar-refractivity contribution < 1.29 is 14.6 Å². The number of benzene rings is 1. The van der Waals surface area contributed by atoms with Gasteiger partial charge < -0.3 is 9.84 Å². The summed E-state index contributed by atoms with van der Waals surface area (Å²) >= 11 is 6.32. The average molecular weight is 413 g/mol. The molecule has 0 bridgehead atoms. The monoisotopic (exact) mass is 412 g/mol. The molecule has 1 N–H and O–H groups in total. The zero-order chi connectivity index (χ0) is 20.3. The number of ketones is 1. The Morgan fingerprint density at radius 3 is 2.79 bits per heavy atom. The molecule has 5 unspecified atom stereocenters. The number of ether oxygens (including phenoxy) is 1. The highest BCUT2D eigenvalue weighted by Crippen LogP contribution is 2.64. The summed E-state index contributed by atoms with van der Waals surface area (Å²) in [6.45, 7) is 2.30. The molecule has 4 heteroatoms. The quantitative estimate of drug-likeness (QED) is 0.686. The van der Waals surface area contributed by atoms with Crippen LogP contribution in [0.1, 0.15) is 63.4 Å². The number of allylic oxidation sites excluding steroid dienone is 4. The molecule has 5 rings (SSSR count). The van der Waals surface area contributed by atoms with Gasteiger partial charge in [-0.2, -0.15) is 0 Å². The highest BCUT2D eigenvalue weighted by Gasteiger charge is 2.56. The van der Waals surface area contributed by atoms with E-state index in [0.717, 1.165) is 38.5 Å². The topological polar surface area (TPSA) is 46.5 Å². The number of halogens is 1. The first-order chi connectivity index (χ1) is 13.9. The molecular weight excluding hydrogens is 384 g/mol. The van der Waals surface area contributed by atoms with Gasteiger partial charge in [0.05, 0.1) is 18.2 Å². The third-order valence-electron chi connectivity index (χ3n) is 8.26. The average Bonchev–Trinajstić information content (AvgIpc) is 3.02. The van der Waals surface area contributed by atoms with E-state index in [1.54, 1.807) is 7.11 Å². The van der Waals surface area contributed by atoms with Gasteiger partial charge in [-0.3, -0.25) is 4.79 Å². The van der Waals surface area contributed by atoms with Crippen LogP contribution in [0.2, 0.25) is 5.02 Å². The number of aliphatic hydroxyl groups is 1. The van der Waals surface area contributed by atoms with Crippen LogP contribution in [0.3, 0.4) is 0 Å². The third kappa shape index (κ3) is 2.92. The second-order valence-electron chi connectivity index (χ2n) is 9.57. The summed E-state index contributed by atoms with van der Waals surface area (Å²) < 4.78 is 5.51. The SMILES string of the molecule is COc1cc(C2CC3(C)C(O)CCC3C3CCC4=CC(=O)CCC4=C23)ccc1Cl. The first-order valence-corrected chi connectivity index (χ1v) is 11.3. The number of carbonyl (C=O) groups is 1. The van der Waals surface area contributed by atoms with Gasteiger partial charge in [0.1, 0.15) is 5.75 Å². The van der Waals surface area contributed by atoms with E-state index >= 15 is 0 Å². The van der Waals surface area contributed by atoms with Gasteiger partial charge in [0, 0.05) is 12.3 Å². The Hall–Kier alpha value is -1.58. The molecule has 0 heterocycles. The Bertz CT molecular complexity index is 930. The first kappa shape index (κ1) is 19.4. The smallest absolute Gasteiger partial charge is 0.156 e. The Morgan fingerprint density at radius 1 is 1.17 bits per heavy atom. The molecule has 0 aliphatic heterocycles. The lowest BCUT2D eigenvalue weighted by molar-refractivity contribution is -0.114. The molecule has 1 aromatic carbocycles. The molecule has 29 heavy (non-hydrogen) atoms. The molecule has 0 amide bonds. The van der Waals surface area contributed by atoms with Crippen LogP contribution in [0.4, 0.5) is 0 Å². The number of hydrogen-bond donors (Lipinski definition) is 1. The van der Waals surface area contributed by atoms with Crippen molar-refractivity contribution >= 4 is 17.4 Å². The van der Waals surface area contributed by atoms with Crippen molar-refractivity contribution in [2.24, 2.45) is 17.3 Å². The van der Waals surface area contributed by atoms with Crippen LogP contribution in [0, 0.1) is 17.3 Å². The molecule has 2 saturated carbocycles. The molecule has 4 aliphatic carbocycles. The summed E-state index contributed by atoms with van der Waals surface area (Å²) in [5.41, 5.74) is 5.40. The second-order valence-corrected chi connectivity index (χ2v) is 9.98. The molecule has 0 spiro atoms. The maximum absolute atomic E-state index is 12.1. The molecule has 1 aromatic rings. The summed E-state index contributed by atoms with van der Waals surface area (Å²) in [6, 6.07) is 6.13. The van der Waals surface area contributed by atoms with Crippen LogP contribution in [0.25, 0.3) is 0 Å². The highest BCUT2D eigenvalue weighted by molar-refractivity contribution is 6.32. The molecular formula is C25H29ClO3. The number of aliphatic hydroxyl groups excluding tert-OH is 1. The van der Waals surface area contributed by atoms with Crippen molar-refractivity contribution in [2.75, 3.05) is 7.11 Å². The number of fused-ring (bicyclic) bond motifs is 4. The molecule has 0 saturated heterocycles. The van der Waals surface area contributed by atoms with E-state index in [0.29, 0.717) is 29.0 Å². The van der Waals surface area contributed by atoms with Gasteiger partial charge in [0.25, 0.3) is 0 Å². The number of hydrogen-bond acceptors (Lipinski definition) is 3. The van der Waals surface area contributed by atoms with E-state index in [4.69, 9.17) is 16.3 Å². The second kappa shape index (κ2) is 6.99. The molecule has 0 radical (unpaired) electrons. The minimum absolute atomic E-state index is 0.0576. The fourth-order valence-electron chi connectivity index (χ4n) is 6.82. The predicted molar refractivity (Wildman–Crippen MR) is 114 cm³/mol. The van der Waals surface area contributed by atoms with Gasteiger partial charge in [0.2, 0.25) is 0 Å². The normalized spacial score (nSPS) is 36.3. The number of methoxy groups -OCH3 is 1. The lowest BCUT2D eigenvalue weighted by Crippen LogP contribution is -2.45. The zero-order valence-electron chi connectivity index (χ0n) is 17.2. The Balaban J connectivity index is 1.69. The van der Waals surface area contributed by atoms with E-state index in [-0.39, 0.29) is 23.2 Å². The molecule has 3 nitrogen and oxygen atoms in total. The summed E-state index contributed by atoms with van der Waals surface area (Å²) in [4.78, 5) is 12.1. The van der Waals surface area contributed by atoms with Crippen molar-refractivity contribution in [3.63, 3.8) is 0 Å². The maximum atomic E-state index is 12.1. The van der Waals surface area contributed by atoms with Crippen LogP contribution in [-0.2, 0) is 4.79 Å². The van der Waals surface area contributed by atoms with Gasteiger partial charge in [-0.05, 0) is 90.7 Å². The molecule has 5 atom stereocenters. The van der Waals surface area contributed by atoms with Crippen molar-refractivity contribution in [1.29, 1.82) is 0 Å². The van der Waals surface area contributed by atoms with Gasteiger partial charge >= 0.3 is 0 Å². The van der Waals surface area contributed by atoms with Crippen LogP contribution in [-0.4, -0.2) is 24.1 Å². The van der Waals surface area contributed by atoms with Gasteiger partial charge in [0.15, 0.2) is 5.78 Å². The Kier molecular flexibility index (Phi) is 4.67. The fraction of sp³-hybridized carbons (Fsp3) is 0.560. The standard InChI is InChI=1S/C25H29ClO3/c1-25-13-19(15-4-9-21(26)22(12-15)29-2)24-17-7-5-16(27)11-14(17)3-6-18(24)20(25)8-10-23(25)28/h4,9,11-12,18-20,23,28H,3,5-8,10,13H2,1-2H3. The van der Waals surface area contributed by atoms with E-state index in [2.05, 4.69) is 19.1 Å². The van der Waals surface area contributed by atoms with Crippen molar-refractivity contribution in [2.45, 2.75) is 63.9 Å². The van der Waals surface area contributed by atoms with Crippen molar-refractivity contribution in [3.8, 4) is 5.75 Å². The van der Waals surface area contributed by atoms with E-state index in [1.807, 2.05) is 12.1 Å². The molecule has 0 aromatic heterocycles. The van der Waals surface area contributed by atoms with E-state index < -0.39 is 0 Å².